The first-order valence-electron chi connectivity index (χ1n) is 0. The molecule has 0 amide bonds. The van der Waals surface area contributed by atoms with Crippen LogP contribution in [-0.4, -0.2) is 0 Å². The van der Waals surface area contributed by atoms with Crippen molar-refractivity contribution in [3.63, 3.8) is 0 Å². The van der Waals surface area contributed by atoms with Crippen molar-refractivity contribution < 1.29 is 98.7 Å². The van der Waals surface area contributed by atoms with Crippen LogP contribution >= 0.6 is 24.8 Å². The van der Waals surface area contributed by atoms with E-state index in [2.05, 4.69) is 0 Å². The molecule has 8 heavy (non-hydrogen) atoms. The minimum Gasteiger partial charge on any atom is -1.00 e. The first-order valence-corrected chi connectivity index (χ1v) is 0. The average molecular weight is 341 g/mol. The Morgan fingerprint density at radius 2 is 0.500 bits per heavy atom. The Morgan fingerprint density at radius 1 is 0.500 bits per heavy atom. The van der Waals surface area contributed by atoms with Crippen molar-refractivity contribution in [2.24, 2.45) is 0 Å². The first kappa shape index (κ1) is 108. The summed E-state index contributed by atoms with van der Waals surface area (Å²) in [5.41, 5.74) is 0. The molecular formula is H2Cl6NaRh. The van der Waals surface area contributed by atoms with Gasteiger partial charge in [-0.3, -0.25) is 0 Å². The molecule has 0 aliphatic carbocycles. The third-order valence-corrected chi connectivity index (χ3v) is 0. The van der Waals surface area contributed by atoms with Crippen molar-refractivity contribution in [1.29, 1.82) is 0 Å². The molecule has 0 aromatic heterocycles. The molecule has 0 aromatic carbocycles. The van der Waals surface area contributed by atoms with Gasteiger partial charge in [-0.05, 0) is 0 Å². The van der Waals surface area contributed by atoms with Crippen molar-refractivity contribution in [3.05, 3.63) is 0 Å². The van der Waals surface area contributed by atoms with Gasteiger partial charge in [-0.2, -0.15) is 0 Å². The monoisotopic (exact) mass is 338 g/mol. The summed E-state index contributed by atoms with van der Waals surface area (Å²) in [7, 11) is 0. The van der Waals surface area contributed by atoms with Crippen LogP contribution in [0.4, 0.5) is 0 Å². The number of rotatable bonds is 0. The summed E-state index contributed by atoms with van der Waals surface area (Å²) in [4.78, 5) is 0. The predicted octanol–water partition coefficient (Wildman–Crippen LogP) is -14.1. The zero-order valence-corrected chi connectivity index (χ0v) is 12.0. The molecular weight excluding hydrogens is 339 g/mol. The van der Waals surface area contributed by atoms with Gasteiger partial charge in [0.1, 0.15) is 0 Å². The Bertz CT molecular complexity index is 8.49. The maximum Gasteiger partial charge on any atom is 3.00 e. The van der Waals surface area contributed by atoms with Gasteiger partial charge in [0.15, 0.2) is 0 Å². The molecule has 0 saturated carbocycles. The van der Waals surface area contributed by atoms with E-state index < -0.39 is 0 Å². The van der Waals surface area contributed by atoms with E-state index in [1.165, 1.54) is 0 Å². The number of hydrogen-bond donors (Lipinski definition) is 0. The van der Waals surface area contributed by atoms with Crippen LogP contribution in [0.25, 0.3) is 0 Å². The molecule has 0 atom stereocenters. The van der Waals surface area contributed by atoms with Crippen LogP contribution in [0.15, 0.2) is 0 Å². The van der Waals surface area contributed by atoms with Crippen LogP contribution < -0.4 is 79.2 Å². The summed E-state index contributed by atoms with van der Waals surface area (Å²) in [5.74, 6) is 0. The molecule has 0 aliphatic rings. The second-order valence-electron chi connectivity index (χ2n) is 0. The minimum absolute atomic E-state index is 0. The Hall–Kier alpha value is 3.36. The number of hydrogen-bond acceptors (Lipinski definition) is 0. The van der Waals surface area contributed by atoms with Gasteiger partial charge >= 0.3 is 49.0 Å². The molecule has 0 heterocycles. The Kier molecular flexibility index (Phi) is 1080. The maximum absolute atomic E-state index is 0. The molecule has 0 fully saturated rings. The van der Waals surface area contributed by atoms with Gasteiger partial charge in [-0.25, -0.2) is 0 Å². The van der Waals surface area contributed by atoms with Crippen molar-refractivity contribution in [3.8, 4) is 0 Å². The van der Waals surface area contributed by atoms with E-state index in [1.807, 2.05) is 0 Å². The summed E-state index contributed by atoms with van der Waals surface area (Å²) in [5, 5.41) is 0. The summed E-state index contributed by atoms with van der Waals surface area (Å²) in [6.07, 6.45) is 0. The predicted molar refractivity (Wildman–Crippen MR) is 14.5 cm³/mol. The van der Waals surface area contributed by atoms with Crippen LogP contribution in [0.2, 0.25) is 0 Å². The zero-order chi connectivity index (χ0) is 0. The van der Waals surface area contributed by atoms with E-state index in [9.17, 15) is 0 Å². The largest absolute Gasteiger partial charge is 3.00 e. The first-order chi connectivity index (χ1) is 0. The van der Waals surface area contributed by atoms with E-state index in [1.54, 1.807) is 0 Å². The van der Waals surface area contributed by atoms with Gasteiger partial charge in [0.2, 0.25) is 0 Å². The van der Waals surface area contributed by atoms with Crippen LogP contribution in [0.1, 0.15) is 0 Å². The topological polar surface area (TPSA) is 0 Å². The molecule has 0 bridgehead atoms. The fourth-order valence-corrected chi connectivity index (χ4v) is 0. The third kappa shape index (κ3) is 57.9. The summed E-state index contributed by atoms with van der Waals surface area (Å²) in [6, 6.07) is 0. The van der Waals surface area contributed by atoms with Gasteiger partial charge in [0, 0.05) is 0 Å². The quantitative estimate of drug-likeness (QED) is 0.384. The van der Waals surface area contributed by atoms with Crippen LogP contribution in [0.3, 0.4) is 0 Å². The van der Waals surface area contributed by atoms with E-state index in [0.29, 0.717) is 0 Å². The molecule has 0 unspecified atom stereocenters. The molecule has 0 radical (unpaired) electrons. The fourth-order valence-electron chi connectivity index (χ4n) is 0. The van der Waals surface area contributed by atoms with Crippen LogP contribution in [0.5, 0.6) is 0 Å². The van der Waals surface area contributed by atoms with Crippen molar-refractivity contribution in [1.82, 2.24) is 0 Å². The Balaban J connectivity index is 0. The molecule has 54 valence electrons. The van der Waals surface area contributed by atoms with Crippen molar-refractivity contribution >= 4 is 24.8 Å². The van der Waals surface area contributed by atoms with Gasteiger partial charge < -0.3 is 49.6 Å². The fraction of sp³-hybridized carbons (Fsp3) is 0. The molecule has 0 spiro atoms. The van der Waals surface area contributed by atoms with E-state index in [4.69, 9.17) is 0 Å². The second kappa shape index (κ2) is 80.3. The summed E-state index contributed by atoms with van der Waals surface area (Å²) < 4.78 is 0. The number of halogens is 6. The van der Waals surface area contributed by atoms with E-state index >= 15 is 0 Å². The Labute approximate surface area is 122 Å². The molecule has 0 aromatic rings. The van der Waals surface area contributed by atoms with Gasteiger partial charge in [0.25, 0.3) is 0 Å². The minimum atomic E-state index is 0. The molecule has 8 heteroatoms. The molecule has 0 nitrogen and oxygen atoms in total. The van der Waals surface area contributed by atoms with Gasteiger partial charge in [-0.15, -0.1) is 24.8 Å². The average Bonchev–Trinajstić information content (AvgIpc) is 0. The molecule has 0 aliphatic heterocycles. The third-order valence-electron chi connectivity index (χ3n) is 0. The SMILES string of the molecule is Cl.Cl.[Cl-].[Cl-].[Cl-].[Cl-].[Na+].[Rh+3]. The Morgan fingerprint density at radius 3 is 0.500 bits per heavy atom. The summed E-state index contributed by atoms with van der Waals surface area (Å²) >= 11 is 0. The zero-order valence-electron chi connectivity index (χ0n) is 3.66. The smallest absolute Gasteiger partial charge is 1.00 e. The molecule has 0 rings (SSSR count). The van der Waals surface area contributed by atoms with E-state index in [0.717, 1.165) is 0 Å². The molecule has 0 saturated heterocycles. The van der Waals surface area contributed by atoms with Crippen LogP contribution in [-0.2, 0) is 19.5 Å². The van der Waals surface area contributed by atoms with Gasteiger partial charge in [0.05, 0.1) is 0 Å². The summed E-state index contributed by atoms with van der Waals surface area (Å²) in [6.45, 7) is 0. The maximum atomic E-state index is 0. The standard InChI is InChI=1S/6ClH.Na.Rh/h6*1H;;/q;;;;;;+1;+3/p-4. The normalized spacial score (nSPS) is 0. The van der Waals surface area contributed by atoms with Gasteiger partial charge in [-0.1, -0.05) is 0 Å². The second-order valence-corrected chi connectivity index (χ2v) is 0. The van der Waals surface area contributed by atoms with E-state index in [-0.39, 0.29) is 123 Å². The van der Waals surface area contributed by atoms with Crippen molar-refractivity contribution in [2.45, 2.75) is 0 Å². The van der Waals surface area contributed by atoms with Crippen molar-refractivity contribution in [2.75, 3.05) is 0 Å². The molecule has 0 N–H and O–H groups in total. The van der Waals surface area contributed by atoms with Crippen LogP contribution in [0, 0.1) is 0 Å².